The molecule has 4 amide bonds. The van der Waals surface area contributed by atoms with Gasteiger partial charge in [-0.1, -0.05) is 48.4 Å². The van der Waals surface area contributed by atoms with Crippen molar-refractivity contribution in [1.82, 2.24) is 35.4 Å². The Morgan fingerprint density at radius 3 is 2.74 bits per heavy atom. The van der Waals surface area contributed by atoms with Crippen LogP contribution in [0, 0.1) is 0 Å². The first kappa shape index (κ1) is 37.2. The number of aromatic amines is 1. The second-order valence-corrected chi connectivity index (χ2v) is 14.2. The molecule has 15 nitrogen and oxygen atoms in total. The molecule has 3 aliphatic rings. The standard InChI is InChI=1S/C38H43ClN8O7/c39-26-19-42-38(45-34(26)25-18-41-27-11-4-3-9-23(25)27)43-22-8-7-17-46(20-22)32(50)13-2-1-5-16-40-31(49)21-54-29-12-6-10-24-33(29)37(53)47(36(24)52)28-14-15-30(48)44-35(28)51/h3-4,6,9-12,18-19,22,28,36-37,41,52-53H,1-2,5,7-8,13-17,20-21H2,(H,40,49)(H,42,43,45)(H,44,48,51)/t22-,28?,36?,37?/m1/s1. The van der Waals surface area contributed by atoms with Gasteiger partial charge in [-0.05, 0) is 44.2 Å². The molecule has 2 fully saturated rings. The van der Waals surface area contributed by atoms with Crippen LogP contribution in [0.4, 0.5) is 5.95 Å². The molecule has 284 valence electrons. The molecule has 3 unspecified atom stereocenters. The third kappa shape index (κ3) is 8.04. The average molecular weight is 759 g/mol. The highest BCUT2D eigenvalue weighted by atomic mass is 35.5. The second kappa shape index (κ2) is 16.5. The molecule has 0 spiro atoms. The van der Waals surface area contributed by atoms with Gasteiger partial charge in [0.25, 0.3) is 5.91 Å². The van der Waals surface area contributed by atoms with E-state index in [4.69, 9.17) is 21.3 Å². The highest BCUT2D eigenvalue weighted by Crippen LogP contribution is 2.46. The van der Waals surface area contributed by atoms with E-state index in [1.807, 2.05) is 35.4 Å². The van der Waals surface area contributed by atoms with Crippen LogP contribution in [0.1, 0.15) is 74.9 Å². The lowest BCUT2D eigenvalue weighted by Gasteiger charge is -2.34. The van der Waals surface area contributed by atoms with Crippen molar-refractivity contribution in [2.75, 3.05) is 31.6 Å². The lowest BCUT2D eigenvalue weighted by molar-refractivity contribution is -0.154. The van der Waals surface area contributed by atoms with E-state index in [-0.39, 0.29) is 48.6 Å². The second-order valence-electron chi connectivity index (χ2n) is 13.8. The van der Waals surface area contributed by atoms with Crippen LogP contribution in [0.25, 0.3) is 22.2 Å². The van der Waals surface area contributed by atoms with Gasteiger partial charge in [0, 0.05) is 72.3 Å². The van der Waals surface area contributed by atoms with Crippen LogP contribution in [0.2, 0.25) is 5.02 Å². The van der Waals surface area contributed by atoms with Crippen LogP contribution in [0.3, 0.4) is 0 Å². The van der Waals surface area contributed by atoms with Crippen LogP contribution < -0.4 is 20.7 Å². The zero-order chi connectivity index (χ0) is 37.8. The number of hydrogen-bond acceptors (Lipinski definition) is 11. The Kier molecular flexibility index (Phi) is 11.4. The summed E-state index contributed by atoms with van der Waals surface area (Å²) < 4.78 is 5.74. The van der Waals surface area contributed by atoms with Gasteiger partial charge < -0.3 is 35.5 Å². The van der Waals surface area contributed by atoms with E-state index in [0.717, 1.165) is 35.7 Å². The summed E-state index contributed by atoms with van der Waals surface area (Å²) in [7, 11) is 0. The number of aliphatic hydroxyl groups is 2. The maximum absolute atomic E-state index is 13.1. The molecule has 3 aliphatic heterocycles. The molecule has 4 aromatic rings. The van der Waals surface area contributed by atoms with Gasteiger partial charge in [-0.2, -0.15) is 0 Å². The Labute approximate surface area is 316 Å². The normalized spacial score (nSPS) is 21.5. The molecule has 0 radical (unpaired) electrons. The van der Waals surface area contributed by atoms with Crippen LogP contribution in [-0.4, -0.2) is 96.9 Å². The van der Waals surface area contributed by atoms with Crippen LogP contribution >= 0.6 is 11.6 Å². The van der Waals surface area contributed by atoms with Crippen molar-refractivity contribution in [3.63, 3.8) is 0 Å². The van der Waals surface area contributed by atoms with Crippen molar-refractivity contribution in [1.29, 1.82) is 0 Å². The highest BCUT2D eigenvalue weighted by Gasteiger charge is 2.46. The van der Waals surface area contributed by atoms with Crippen molar-refractivity contribution in [2.24, 2.45) is 0 Å². The summed E-state index contributed by atoms with van der Waals surface area (Å²) in [4.78, 5) is 65.2. The van der Waals surface area contributed by atoms with E-state index < -0.39 is 30.3 Å². The topological polar surface area (TPSA) is 202 Å². The summed E-state index contributed by atoms with van der Waals surface area (Å²) in [6.07, 6.45) is 5.38. The molecule has 2 aromatic heterocycles. The highest BCUT2D eigenvalue weighted by molar-refractivity contribution is 6.33. The molecule has 0 bridgehead atoms. The van der Waals surface area contributed by atoms with E-state index in [1.165, 1.54) is 4.90 Å². The minimum atomic E-state index is -1.37. The van der Waals surface area contributed by atoms with Crippen molar-refractivity contribution < 1.29 is 34.1 Å². The Bertz CT molecular complexity index is 2040. The van der Waals surface area contributed by atoms with Gasteiger partial charge in [-0.3, -0.25) is 24.5 Å². The zero-order valence-electron chi connectivity index (χ0n) is 29.6. The Morgan fingerprint density at radius 2 is 1.89 bits per heavy atom. The van der Waals surface area contributed by atoms with Crippen molar-refractivity contribution in [3.8, 4) is 17.0 Å². The van der Waals surface area contributed by atoms with Gasteiger partial charge in [-0.25, -0.2) is 14.9 Å². The number of rotatable bonds is 13. The number of carbonyl (C=O) groups excluding carboxylic acids is 4. The van der Waals surface area contributed by atoms with Crippen molar-refractivity contribution >= 4 is 52.1 Å². The number of nitrogens with one attached hydrogen (secondary N) is 4. The zero-order valence-corrected chi connectivity index (χ0v) is 30.3. The number of ether oxygens (including phenoxy) is 1. The summed E-state index contributed by atoms with van der Waals surface area (Å²) in [5.41, 5.74) is 3.17. The number of para-hydroxylation sites is 1. The Balaban J connectivity index is 0.819. The van der Waals surface area contributed by atoms with Gasteiger partial charge >= 0.3 is 0 Å². The number of imide groups is 1. The number of fused-ring (bicyclic) bond motifs is 2. The van der Waals surface area contributed by atoms with Crippen LogP contribution in [-0.2, 0) is 19.2 Å². The molecule has 0 aliphatic carbocycles. The SMILES string of the molecule is O=C(COc1cccc2c1C(O)N(C1CCC(=O)NC1=O)C2O)NCCCCCC(=O)N1CCC[C@@H](Nc2ncc(Cl)c(-c3c[nH]c4ccccc34)n2)C1. The first-order valence-corrected chi connectivity index (χ1v) is 18.7. The van der Waals surface area contributed by atoms with E-state index in [2.05, 4.69) is 25.9 Å². The maximum atomic E-state index is 13.1. The number of benzene rings is 2. The van der Waals surface area contributed by atoms with Gasteiger partial charge in [0.15, 0.2) is 6.61 Å². The molecule has 2 saturated heterocycles. The molecule has 5 heterocycles. The number of amides is 4. The number of H-pyrrole nitrogens is 1. The molecular formula is C38H43ClN8O7. The first-order chi connectivity index (χ1) is 26.2. The van der Waals surface area contributed by atoms with Crippen molar-refractivity contribution in [2.45, 2.75) is 75.9 Å². The molecule has 16 heteroatoms. The summed E-state index contributed by atoms with van der Waals surface area (Å²) in [6, 6.07) is 11.9. The maximum Gasteiger partial charge on any atom is 0.257 e. The Hall–Kier alpha value is -5.09. The summed E-state index contributed by atoms with van der Waals surface area (Å²) >= 11 is 6.51. The van der Waals surface area contributed by atoms with Gasteiger partial charge in [0.2, 0.25) is 23.7 Å². The molecule has 54 heavy (non-hydrogen) atoms. The lowest BCUT2D eigenvalue weighted by atomic mass is 10.0. The minimum absolute atomic E-state index is 0.00618. The van der Waals surface area contributed by atoms with E-state index in [9.17, 15) is 29.4 Å². The van der Waals surface area contributed by atoms with E-state index >= 15 is 0 Å². The van der Waals surface area contributed by atoms with Gasteiger partial charge in [0.1, 0.15) is 18.2 Å². The smallest absolute Gasteiger partial charge is 0.257 e. The number of aromatic nitrogens is 3. The van der Waals surface area contributed by atoms with Crippen molar-refractivity contribution in [3.05, 3.63) is 71.0 Å². The average Bonchev–Trinajstić information content (AvgIpc) is 3.71. The third-order valence-electron chi connectivity index (χ3n) is 10.2. The van der Waals surface area contributed by atoms with Crippen LogP contribution in [0.5, 0.6) is 5.75 Å². The fourth-order valence-electron chi connectivity index (χ4n) is 7.49. The van der Waals surface area contributed by atoms with E-state index in [0.29, 0.717) is 61.1 Å². The van der Waals surface area contributed by atoms with Gasteiger partial charge in [-0.15, -0.1) is 0 Å². The molecular weight excluding hydrogens is 716 g/mol. The summed E-state index contributed by atoms with van der Waals surface area (Å²) in [5, 5.41) is 31.9. The number of likely N-dealkylation sites (tertiary alicyclic amines) is 1. The largest absolute Gasteiger partial charge is 0.483 e. The monoisotopic (exact) mass is 758 g/mol. The predicted octanol–water partition coefficient (Wildman–Crippen LogP) is 3.54. The fourth-order valence-corrected chi connectivity index (χ4v) is 7.69. The Morgan fingerprint density at radius 1 is 1.04 bits per heavy atom. The number of unbranched alkanes of at least 4 members (excludes halogenated alkanes) is 2. The lowest BCUT2D eigenvalue weighted by Crippen LogP contribution is -2.52. The molecule has 6 N–H and O–H groups in total. The summed E-state index contributed by atoms with van der Waals surface area (Å²) in [6.45, 7) is 1.35. The number of hydrogen-bond donors (Lipinski definition) is 6. The number of anilines is 1. The third-order valence-corrected chi connectivity index (χ3v) is 10.5. The number of piperidine rings is 2. The fraction of sp³-hybridized carbons (Fsp3) is 0.421. The van der Waals surface area contributed by atoms with Gasteiger partial charge in [0.05, 0.1) is 23.0 Å². The van der Waals surface area contributed by atoms with E-state index in [1.54, 1.807) is 24.4 Å². The number of carbonyl (C=O) groups is 4. The number of nitrogens with zero attached hydrogens (tertiary/aromatic N) is 4. The minimum Gasteiger partial charge on any atom is -0.483 e. The van der Waals surface area contributed by atoms with Crippen LogP contribution in [0.15, 0.2) is 54.9 Å². The quantitative estimate of drug-likeness (QED) is 0.0861. The molecule has 7 rings (SSSR count). The molecule has 0 saturated carbocycles. The molecule has 4 atom stereocenters. The number of halogens is 1. The molecule has 2 aromatic carbocycles. The predicted molar refractivity (Wildman–Crippen MR) is 199 cm³/mol. The summed E-state index contributed by atoms with van der Waals surface area (Å²) in [5.74, 6) is -0.569. The number of aliphatic hydroxyl groups excluding tert-OH is 2. The first-order valence-electron chi connectivity index (χ1n) is 18.3.